The summed E-state index contributed by atoms with van der Waals surface area (Å²) in [7, 11) is 0. The van der Waals surface area contributed by atoms with Gasteiger partial charge in [-0.15, -0.1) is 5.10 Å². The van der Waals surface area contributed by atoms with E-state index in [9.17, 15) is 4.39 Å². The molecule has 0 saturated heterocycles. The first kappa shape index (κ1) is 18.0. The number of ether oxygens (including phenoxy) is 1. The lowest BCUT2D eigenvalue weighted by Gasteiger charge is -2.09. The summed E-state index contributed by atoms with van der Waals surface area (Å²) in [4.78, 5) is 13.5. The predicted molar refractivity (Wildman–Crippen MR) is 111 cm³/mol. The van der Waals surface area contributed by atoms with Crippen LogP contribution in [0.4, 0.5) is 10.3 Å². The molecule has 1 N–H and O–H groups in total. The highest BCUT2D eigenvalue weighted by atomic mass is 19.1. The standard InChI is InChI=1S/C22H17FN6O/c1-14-26-21-18-7-2-3-8-19(18)27-22(29(21)28-14)25-13-15-9-10-20(24-12-15)30-17-6-4-5-16(23)11-17/h2-12H,13H2,1H3,(H,25,27). The van der Waals surface area contributed by atoms with Crippen LogP contribution in [0.25, 0.3) is 16.6 Å². The number of para-hydroxylation sites is 1. The van der Waals surface area contributed by atoms with Crippen LogP contribution >= 0.6 is 0 Å². The topological polar surface area (TPSA) is 77.2 Å². The minimum atomic E-state index is -0.356. The molecular weight excluding hydrogens is 383 g/mol. The number of halogens is 1. The van der Waals surface area contributed by atoms with Crippen molar-refractivity contribution in [2.75, 3.05) is 5.32 Å². The van der Waals surface area contributed by atoms with Crippen LogP contribution in [0, 0.1) is 12.7 Å². The number of nitrogens with one attached hydrogen (secondary N) is 1. The minimum absolute atomic E-state index is 0.356. The fourth-order valence-corrected chi connectivity index (χ4v) is 3.18. The van der Waals surface area contributed by atoms with Crippen molar-refractivity contribution in [1.82, 2.24) is 24.6 Å². The monoisotopic (exact) mass is 400 g/mol. The molecule has 0 aliphatic carbocycles. The van der Waals surface area contributed by atoms with Gasteiger partial charge in [0.1, 0.15) is 17.4 Å². The molecule has 0 aliphatic heterocycles. The Kier molecular flexibility index (Phi) is 4.44. The van der Waals surface area contributed by atoms with E-state index in [0.29, 0.717) is 29.9 Å². The second-order valence-corrected chi connectivity index (χ2v) is 6.76. The van der Waals surface area contributed by atoms with Gasteiger partial charge in [0, 0.05) is 30.3 Å². The summed E-state index contributed by atoms with van der Waals surface area (Å²) < 4.78 is 20.6. The highest BCUT2D eigenvalue weighted by molar-refractivity contribution is 5.92. The van der Waals surface area contributed by atoms with Crippen molar-refractivity contribution in [3.63, 3.8) is 0 Å². The summed E-state index contributed by atoms with van der Waals surface area (Å²) in [5.41, 5.74) is 2.54. The van der Waals surface area contributed by atoms with E-state index < -0.39 is 0 Å². The van der Waals surface area contributed by atoms with Gasteiger partial charge in [-0.25, -0.2) is 19.3 Å². The van der Waals surface area contributed by atoms with E-state index in [-0.39, 0.29) is 5.82 Å². The zero-order valence-electron chi connectivity index (χ0n) is 16.1. The molecule has 5 aromatic rings. The average Bonchev–Trinajstić information content (AvgIpc) is 3.15. The lowest BCUT2D eigenvalue weighted by molar-refractivity contribution is 0.458. The average molecular weight is 400 g/mol. The zero-order valence-corrected chi connectivity index (χ0v) is 16.1. The summed E-state index contributed by atoms with van der Waals surface area (Å²) in [6, 6.07) is 17.4. The fourth-order valence-electron chi connectivity index (χ4n) is 3.18. The molecule has 2 aromatic carbocycles. The van der Waals surface area contributed by atoms with E-state index in [1.54, 1.807) is 28.9 Å². The van der Waals surface area contributed by atoms with Gasteiger partial charge in [0.2, 0.25) is 11.8 Å². The molecule has 0 aliphatic rings. The Hall–Kier alpha value is -4.07. The second kappa shape index (κ2) is 7.40. The molecule has 0 atom stereocenters. The number of anilines is 1. The summed E-state index contributed by atoms with van der Waals surface area (Å²) in [5, 5.41) is 8.71. The van der Waals surface area contributed by atoms with Gasteiger partial charge >= 0.3 is 0 Å². The lowest BCUT2D eigenvalue weighted by atomic mass is 10.2. The maximum atomic E-state index is 13.3. The van der Waals surface area contributed by atoms with Crippen LogP contribution in [0.1, 0.15) is 11.4 Å². The lowest BCUT2D eigenvalue weighted by Crippen LogP contribution is -2.08. The first-order valence-corrected chi connectivity index (χ1v) is 9.40. The Balaban J connectivity index is 1.36. The third-order valence-corrected chi connectivity index (χ3v) is 4.55. The van der Waals surface area contributed by atoms with Gasteiger partial charge in [-0.1, -0.05) is 24.3 Å². The molecular formula is C22H17FN6O. The van der Waals surface area contributed by atoms with Crippen molar-refractivity contribution in [2.45, 2.75) is 13.5 Å². The van der Waals surface area contributed by atoms with E-state index >= 15 is 0 Å². The van der Waals surface area contributed by atoms with E-state index in [1.807, 2.05) is 37.3 Å². The van der Waals surface area contributed by atoms with Gasteiger partial charge in [-0.3, -0.25) is 0 Å². The van der Waals surface area contributed by atoms with Crippen molar-refractivity contribution >= 4 is 22.5 Å². The molecule has 0 saturated carbocycles. The van der Waals surface area contributed by atoms with Crippen LogP contribution in [0.3, 0.4) is 0 Å². The van der Waals surface area contributed by atoms with E-state index in [0.717, 1.165) is 22.1 Å². The number of benzene rings is 2. The maximum Gasteiger partial charge on any atom is 0.226 e. The molecule has 0 radical (unpaired) electrons. The van der Waals surface area contributed by atoms with Gasteiger partial charge in [0.15, 0.2) is 5.65 Å². The van der Waals surface area contributed by atoms with Gasteiger partial charge in [0.05, 0.1) is 5.52 Å². The van der Waals surface area contributed by atoms with Crippen molar-refractivity contribution < 1.29 is 9.13 Å². The zero-order chi connectivity index (χ0) is 20.5. The third kappa shape index (κ3) is 3.50. The number of pyridine rings is 1. The molecule has 0 fully saturated rings. The minimum Gasteiger partial charge on any atom is -0.439 e. The maximum absolute atomic E-state index is 13.3. The molecule has 148 valence electrons. The van der Waals surface area contributed by atoms with Gasteiger partial charge in [-0.05, 0) is 36.8 Å². The molecule has 0 spiro atoms. The van der Waals surface area contributed by atoms with Crippen LogP contribution in [0.5, 0.6) is 11.6 Å². The van der Waals surface area contributed by atoms with E-state index in [2.05, 4.69) is 25.4 Å². The molecule has 30 heavy (non-hydrogen) atoms. The van der Waals surface area contributed by atoms with Crippen molar-refractivity contribution in [3.8, 4) is 11.6 Å². The van der Waals surface area contributed by atoms with Gasteiger partial charge < -0.3 is 10.1 Å². The van der Waals surface area contributed by atoms with Crippen LogP contribution < -0.4 is 10.1 Å². The van der Waals surface area contributed by atoms with E-state index in [4.69, 9.17) is 4.74 Å². The quantitative estimate of drug-likeness (QED) is 0.467. The molecule has 0 amide bonds. The molecule has 5 rings (SSSR count). The van der Waals surface area contributed by atoms with Gasteiger partial charge in [-0.2, -0.15) is 4.52 Å². The Morgan fingerprint density at radius 2 is 1.93 bits per heavy atom. The Morgan fingerprint density at radius 1 is 1.03 bits per heavy atom. The first-order valence-electron chi connectivity index (χ1n) is 9.40. The summed E-state index contributed by atoms with van der Waals surface area (Å²) in [6.45, 7) is 2.35. The Bertz CT molecular complexity index is 1350. The van der Waals surface area contributed by atoms with Crippen molar-refractivity contribution in [1.29, 1.82) is 0 Å². The molecule has 8 heteroatoms. The normalized spacial score (nSPS) is 11.1. The SMILES string of the molecule is Cc1nc2c3ccccc3nc(NCc3ccc(Oc4cccc(F)c4)nc3)n2n1. The predicted octanol–water partition coefficient (Wildman–Crippen LogP) is 4.52. The number of hydrogen-bond donors (Lipinski definition) is 1. The molecule has 3 heterocycles. The molecule has 0 unspecified atom stereocenters. The van der Waals surface area contributed by atoms with Crippen molar-refractivity contribution in [3.05, 3.63) is 84.1 Å². The first-order chi connectivity index (χ1) is 14.7. The Labute approximate surface area is 171 Å². The highest BCUT2D eigenvalue weighted by Crippen LogP contribution is 2.22. The van der Waals surface area contributed by atoms with Crippen LogP contribution in [0.15, 0.2) is 66.9 Å². The summed E-state index contributed by atoms with van der Waals surface area (Å²) in [5.74, 6) is 1.71. The smallest absolute Gasteiger partial charge is 0.226 e. The number of rotatable bonds is 5. The Morgan fingerprint density at radius 3 is 2.77 bits per heavy atom. The summed E-state index contributed by atoms with van der Waals surface area (Å²) in [6.07, 6.45) is 1.70. The number of fused-ring (bicyclic) bond motifs is 3. The summed E-state index contributed by atoms with van der Waals surface area (Å²) >= 11 is 0. The van der Waals surface area contributed by atoms with Gasteiger partial charge in [0.25, 0.3) is 0 Å². The second-order valence-electron chi connectivity index (χ2n) is 6.76. The number of nitrogens with zero attached hydrogens (tertiary/aromatic N) is 5. The fraction of sp³-hybridized carbons (Fsp3) is 0.0909. The molecule has 3 aromatic heterocycles. The van der Waals surface area contributed by atoms with E-state index in [1.165, 1.54) is 12.1 Å². The molecule has 7 nitrogen and oxygen atoms in total. The third-order valence-electron chi connectivity index (χ3n) is 4.55. The largest absolute Gasteiger partial charge is 0.439 e. The van der Waals surface area contributed by atoms with Crippen LogP contribution in [0.2, 0.25) is 0 Å². The highest BCUT2D eigenvalue weighted by Gasteiger charge is 2.11. The number of aromatic nitrogens is 5. The molecule has 0 bridgehead atoms. The number of hydrogen-bond acceptors (Lipinski definition) is 6. The van der Waals surface area contributed by atoms with Crippen LogP contribution in [-0.4, -0.2) is 24.6 Å². The number of aryl methyl sites for hydroxylation is 1. The van der Waals surface area contributed by atoms with Crippen LogP contribution in [-0.2, 0) is 6.54 Å². The van der Waals surface area contributed by atoms with Crippen molar-refractivity contribution in [2.24, 2.45) is 0 Å².